The smallest absolute Gasteiger partial charge is 0.338 e. The molecule has 2 rings (SSSR count). The predicted molar refractivity (Wildman–Crippen MR) is 54.8 cm³/mol. The molecule has 1 saturated carbocycles. The van der Waals surface area contributed by atoms with Crippen LogP contribution >= 0.6 is 0 Å². The number of hydrogen-bond acceptors (Lipinski definition) is 2. The highest BCUT2D eigenvalue weighted by Crippen LogP contribution is 2.45. The summed E-state index contributed by atoms with van der Waals surface area (Å²) in [5.74, 6) is 0.445. The first kappa shape index (κ1) is 9.75. The predicted octanol–water partition coefficient (Wildman–Crippen LogP) is 2.83. The van der Waals surface area contributed by atoms with Crippen LogP contribution in [0.25, 0.3) is 0 Å². The summed E-state index contributed by atoms with van der Waals surface area (Å²) >= 11 is 0. The number of cyclic esters (lactones) is 1. The molecule has 1 unspecified atom stereocenters. The summed E-state index contributed by atoms with van der Waals surface area (Å²) in [7, 11) is 0. The molecule has 2 fully saturated rings. The van der Waals surface area contributed by atoms with E-state index in [1.807, 2.05) is 13.0 Å². The largest absolute Gasteiger partial charge is 0.450 e. The third-order valence-corrected chi connectivity index (χ3v) is 3.73. The van der Waals surface area contributed by atoms with E-state index in [4.69, 9.17) is 4.74 Å². The lowest BCUT2D eigenvalue weighted by Gasteiger charge is -2.46. The highest BCUT2D eigenvalue weighted by atomic mass is 16.6. The fourth-order valence-electron chi connectivity index (χ4n) is 2.82. The summed E-state index contributed by atoms with van der Waals surface area (Å²) < 4.78 is 5.36. The molecule has 2 nitrogen and oxygen atoms in total. The lowest BCUT2D eigenvalue weighted by Crippen LogP contribution is -2.53. The van der Waals surface area contributed by atoms with Crippen molar-refractivity contribution in [2.24, 2.45) is 5.92 Å². The number of esters is 1. The van der Waals surface area contributed by atoms with Gasteiger partial charge in [-0.05, 0) is 26.7 Å². The van der Waals surface area contributed by atoms with Gasteiger partial charge in [0.25, 0.3) is 0 Å². The van der Waals surface area contributed by atoms with E-state index in [2.05, 4.69) is 6.92 Å². The van der Waals surface area contributed by atoms with Crippen molar-refractivity contribution in [3.05, 3.63) is 11.6 Å². The summed E-state index contributed by atoms with van der Waals surface area (Å²) in [5, 5.41) is 0. The van der Waals surface area contributed by atoms with E-state index in [1.165, 1.54) is 32.1 Å². The van der Waals surface area contributed by atoms with E-state index in [9.17, 15) is 4.79 Å². The highest BCUT2D eigenvalue weighted by molar-refractivity contribution is 5.97. The topological polar surface area (TPSA) is 26.3 Å². The Labute approximate surface area is 85.3 Å². The molecule has 2 heteroatoms. The van der Waals surface area contributed by atoms with E-state index < -0.39 is 0 Å². The number of allylic oxidation sites excluding steroid dienone is 1. The molecule has 0 aromatic heterocycles. The molecule has 0 radical (unpaired) electrons. The minimum atomic E-state index is -0.258. The Hall–Kier alpha value is -0.790. The lowest BCUT2D eigenvalue weighted by molar-refractivity contribution is -0.178. The molecule has 0 bridgehead atoms. The number of rotatable bonds is 1. The van der Waals surface area contributed by atoms with Crippen molar-refractivity contribution >= 4 is 5.97 Å². The van der Waals surface area contributed by atoms with Crippen molar-refractivity contribution in [2.75, 3.05) is 0 Å². The quantitative estimate of drug-likeness (QED) is 0.474. The second-order valence-corrected chi connectivity index (χ2v) is 4.53. The van der Waals surface area contributed by atoms with E-state index in [0.717, 1.165) is 5.57 Å². The van der Waals surface area contributed by atoms with Crippen LogP contribution in [0.3, 0.4) is 0 Å². The minimum Gasteiger partial charge on any atom is -0.450 e. The lowest BCUT2D eigenvalue weighted by atomic mass is 9.71. The van der Waals surface area contributed by atoms with Gasteiger partial charge in [0.05, 0.1) is 5.57 Å². The fraction of sp³-hybridized carbons (Fsp3) is 0.750. The average Bonchev–Trinajstić information content (AvgIpc) is 2.19. The Balaban J connectivity index is 2.12. The fourth-order valence-corrected chi connectivity index (χ4v) is 2.82. The van der Waals surface area contributed by atoms with Crippen LogP contribution in [0.1, 0.15) is 46.0 Å². The van der Waals surface area contributed by atoms with Gasteiger partial charge in [-0.3, -0.25) is 0 Å². The molecule has 0 spiro atoms. The van der Waals surface area contributed by atoms with Crippen LogP contribution in [0, 0.1) is 5.92 Å². The molecule has 0 aromatic rings. The Bertz CT molecular complexity index is 274. The molecule has 1 atom stereocenters. The third-order valence-electron chi connectivity index (χ3n) is 3.73. The molecule has 78 valence electrons. The summed E-state index contributed by atoms with van der Waals surface area (Å²) in [6.07, 6.45) is 8.25. The molecule has 1 saturated heterocycles. The van der Waals surface area contributed by atoms with E-state index >= 15 is 0 Å². The first-order valence-electron chi connectivity index (χ1n) is 5.58. The van der Waals surface area contributed by atoms with Gasteiger partial charge in [0, 0.05) is 5.92 Å². The normalized spacial score (nSPS) is 36.7. The maximum Gasteiger partial charge on any atom is 0.338 e. The van der Waals surface area contributed by atoms with Crippen LogP contribution < -0.4 is 0 Å². The maximum atomic E-state index is 11.2. The first-order valence-corrected chi connectivity index (χ1v) is 5.58. The van der Waals surface area contributed by atoms with Gasteiger partial charge in [-0.25, -0.2) is 4.79 Å². The summed E-state index contributed by atoms with van der Waals surface area (Å²) in [4.78, 5) is 11.2. The van der Waals surface area contributed by atoms with E-state index in [-0.39, 0.29) is 11.6 Å². The number of hydrogen-bond donors (Lipinski definition) is 0. The van der Waals surface area contributed by atoms with E-state index in [1.54, 1.807) is 0 Å². The molecule has 1 heterocycles. The van der Waals surface area contributed by atoms with Crippen LogP contribution in [0.15, 0.2) is 11.6 Å². The third kappa shape index (κ3) is 1.28. The van der Waals surface area contributed by atoms with Crippen molar-refractivity contribution in [1.82, 2.24) is 0 Å². The van der Waals surface area contributed by atoms with Crippen molar-refractivity contribution < 1.29 is 9.53 Å². The van der Waals surface area contributed by atoms with Crippen LogP contribution in [-0.2, 0) is 9.53 Å². The van der Waals surface area contributed by atoms with Crippen molar-refractivity contribution in [1.29, 1.82) is 0 Å². The zero-order valence-electron chi connectivity index (χ0n) is 9.01. The van der Waals surface area contributed by atoms with Gasteiger partial charge in [0.2, 0.25) is 0 Å². The highest BCUT2D eigenvalue weighted by Gasteiger charge is 2.52. The zero-order chi connectivity index (χ0) is 10.2. The van der Waals surface area contributed by atoms with Crippen molar-refractivity contribution in [3.8, 4) is 0 Å². The second kappa shape index (κ2) is 3.41. The average molecular weight is 194 g/mol. The monoisotopic (exact) mass is 194 g/mol. The van der Waals surface area contributed by atoms with Gasteiger partial charge in [0.15, 0.2) is 0 Å². The second-order valence-electron chi connectivity index (χ2n) is 4.53. The molecular weight excluding hydrogens is 176 g/mol. The molecule has 1 aliphatic heterocycles. The van der Waals surface area contributed by atoms with Gasteiger partial charge < -0.3 is 4.74 Å². The van der Waals surface area contributed by atoms with Crippen molar-refractivity contribution in [3.63, 3.8) is 0 Å². The Morgan fingerprint density at radius 3 is 2.50 bits per heavy atom. The van der Waals surface area contributed by atoms with Gasteiger partial charge >= 0.3 is 5.97 Å². The number of ether oxygens (including phenoxy) is 1. The van der Waals surface area contributed by atoms with Gasteiger partial charge in [0.1, 0.15) is 5.60 Å². The molecule has 1 aliphatic carbocycles. The van der Waals surface area contributed by atoms with Gasteiger partial charge in [-0.15, -0.1) is 0 Å². The van der Waals surface area contributed by atoms with Gasteiger partial charge in [-0.1, -0.05) is 25.3 Å². The SMILES string of the molecule is C/C=C1\C(=O)OC1(C)C1CCCCC1. The summed E-state index contributed by atoms with van der Waals surface area (Å²) in [5.41, 5.74) is 0.635. The van der Waals surface area contributed by atoms with E-state index in [0.29, 0.717) is 5.92 Å². The summed E-state index contributed by atoms with van der Waals surface area (Å²) in [6.45, 7) is 4.00. The van der Waals surface area contributed by atoms with Crippen LogP contribution in [0.2, 0.25) is 0 Å². The Morgan fingerprint density at radius 2 is 2.00 bits per heavy atom. The van der Waals surface area contributed by atoms with Crippen LogP contribution in [0.5, 0.6) is 0 Å². The molecule has 0 aromatic carbocycles. The first-order chi connectivity index (χ1) is 6.68. The minimum absolute atomic E-state index is 0.111. The molecule has 2 aliphatic rings. The molecule has 0 amide bonds. The maximum absolute atomic E-state index is 11.2. The summed E-state index contributed by atoms with van der Waals surface area (Å²) in [6, 6.07) is 0. The molecular formula is C12H18O2. The van der Waals surface area contributed by atoms with Crippen molar-refractivity contribution in [2.45, 2.75) is 51.6 Å². The standard InChI is InChI=1S/C12H18O2/c1-3-10-11(13)14-12(10,2)9-7-5-4-6-8-9/h3,9H,4-8H2,1-2H3/b10-3+. The number of carbonyl (C=O) groups is 1. The molecule has 0 N–H and O–H groups in total. The zero-order valence-corrected chi connectivity index (χ0v) is 9.01. The Morgan fingerprint density at radius 1 is 1.36 bits per heavy atom. The van der Waals surface area contributed by atoms with Crippen LogP contribution in [-0.4, -0.2) is 11.6 Å². The van der Waals surface area contributed by atoms with Crippen LogP contribution in [0.4, 0.5) is 0 Å². The van der Waals surface area contributed by atoms with Gasteiger partial charge in [-0.2, -0.15) is 0 Å². The Kier molecular flexibility index (Phi) is 2.38. The molecule has 14 heavy (non-hydrogen) atoms. The number of carbonyl (C=O) groups excluding carboxylic acids is 1.